The highest BCUT2D eigenvalue weighted by atomic mass is 35.5. The first-order valence-corrected chi connectivity index (χ1v) is 7.39. The van der Waals surface area contributed by atoms with Crippen molar-refractivity contribution in [2.45, 2.75) is 52.2 Å². The molecule has 0 amide bonds. The van der Waals surface area contributed by atoms with Gasteiger partial charge in [0.05, 0.1) is 12.5 Å². The molecule has 0 spiro atoms. The number of rotatable bonds is 5. The largest absolute Gasteiger partial charge is 0.378 e. The molecule has 2 unspecified atom stereocenters. The molecule has 0 aliphatic heterocycles. The molecular formula is C14H22ClN5O3. The summed E-state index contributed by atoms with van der Waals surface area (Å²) in [5.41, 5.74) is 5.56. The van der Waals surface area contributed by atoms with Gasteiger partial charge in [0.1, 0.15) is 5.54 Å². The SMILES string of the molecule is CCOC1CC(N)(c2nc(Cc3noc(C)n3)no2)C1(C)C.Cl. The number of nitrogens with two attached hydrogens (primary N) is 1. The van der Waals surface area contributed by atoms with E-state index in [9.17, 15) is 0 Å². The van der Waals surface area contributed by atoms with Gasteiger partial charge in [0.2, 0.25) is 11.8 Å². The molecule has 0 aromatic carbocycles. The monoisotopic (exact) mass is 343 g/mol. The molecule has 0 bridgehead atoms. The van der Waals surface area contributed by atoms with E-state index in [1.165, 1.54) is 0 Å². The van der Waals surface area contributed by atoms with Crippen LogP contribution >= 0.6 is 12.4 Å². The summed E-state index contributed by atoms with van der Waals surface area (Å²) in [5.74, 6) is 1.96. The van der Waals surface area contributed by atoms with Gasteiger partial charge in [-0.05, 0) is 6.92 Å². The summed E-state index contributed by atoms with van der Waals surface area (Å²) >= 11 is 0. The lowest BCUT2D eigenvalue weighted by Crippen LogP contribution is -2.67. The van der Waals surface area contributed by atoms with Crippen molar-refractivity contribution in [2.75, 3.05) is 6.61 Å². The molecule has 2 N–H and O–H groups in total. The maximum absolute atomic E-state index is 6.51. The normalized spacial score (nSPS) is 25.7. The van der Waals surface area contributed by atoms with Crippen molar-refractivity contribution in [3.8, 4) is 0 Å². The van der Waals surface area contributed by atoms with Gasteiger partial charge in [0, 0.05) is 25.4 Å². The Morgan fingerprint density at radius 2 is 1.87 bits per heavy atom. The van der Waals surface area contributed by atoms with Crippen LogP contribution < -0.4 is 5.73 Å². The molecule has 9 heteroatoms. The maximum atomic E-state index is 6.51. The Morgan fingerprint density at radius 1 is 1.22 bits per heavy atom. The molecule has 1 fully saturated rings. The first-order valence-electron chi connectivity index (χ1n) is 7.39. The molecule has 1 aliphatic carbocycles. The van der Waals surface area contributed by atoms with E-state index in [0.717, 1.165) is 0 Å². The molecule has 1 aliphatic rings. The van der Waals surface area contributed by atoms with Gasteiger partial charge < -0.3 is 19.5 Å². The Hall–Kier alpha value is -1.51. The molecule has 23 heavy (non-hydrogen) atoms. The smallest absolute Gasteiger partial charge is 0.247 e. The third-order valence-electron chi connectivity index (χ3n) is 4.57. The highest BCUT2D eigenvalue weighted by Crippen LogP contribution is 2.55. The standard InChI is InChI=1S/C14H21N5O3.ClH/c1-5-20-9-7-14(15,13(9,3)4)12-17-11(19-22-12)6-10-16-8(2)21-18-10;/h9H,5-7,15H2,1-4H3;1H. The van der Waals surface area contributed by atoms with Crippen LogP contribution in [0.25, 0.3) is 0 Å². The van der Waals surface area contributed by atoms with Gasteiger partial charge in [-0.1, -0.05) is 24.2 Å². The highest BCUT2D eigenvalue weighted by molar-refractivity contribution is 5.85. The first kappa shape index (κ1) is 17.8. The molecule has 1 saturated carbocycles. The van der Waals surface area contributed by atoms with Crippen LogP contribution in [0.1, 0.15) is 50.6 Å². The van der Waals surface area contributed by atoms with Crippen LogP contribution in [0.3, 0.4) is 0 Å². The number of ether oxygens (including phenoxy) is 1. The van der Waals surface area contributed by atoms with Crippen LogP contribution in [0.15, 0.2) is 9.05 Å². The summed E-state index contributed by atoms with van der Waals surface area (Å²) in [6.07, 6.45) is 1.11. The molecule has 2 aromatic heterocycles. The lowest BCUT2D eigenvalue weighted by Gasteiger charge is -2.56. The molecule has 0 saturated heterocycles. The minimum atomic E-state index is -0.675. The Bertz CT molecular complexity index is 671. The number of hydrogen-bond donors (Lipinski definition) is 1. The predicted molar refractivity (Wildman–Crippen MR) is 83.1 cm³/mol. The zero-order valence-electron chi connectivity index (χ0n) is 13.7. The lowest BCUT2D eigenvalue weighted by atomic mass is 9.54. The van der Waals surface area contributed by atoms with E-state index in [2.05, 4.69) is 34.1 Å². The van der Waals surface area contributed by atoms with Crippen LogP contribution in [0.2, 0.25) is 0 Å². The second-order valence-electron chi connectivity index (χ2n) is 6.26. The van der Waals surface area contributed by atoms with Crippen molar-refractivity contribution < 1.29 is 13.8 Å². The molecule has 8 nitrogen and oxygen atoms in total. The van der Waals surface area contributed by atoms with Gasteiger partial charge in [-0.2, -0.15) is 9.97 Å². The van der Waals surface area contributed by atoms with E-state index < -0.39 is 5.54 Å². The van der Waals surface area contributed by atoms with Gasteiger partial charge in [-0.25, -0.2) is 0 Å². The molecule has 2 heterocycles. The number of halogens is 1. The zero-order valence-corrected chi connectivity index (χ0v) is 14.5. The Kier molecular flexibility index (Phi) is 4.79. The van der Waals surface area contributed by atoms with Crippen LogP contribution in [0.5, 0.6) is 0 Å². The number of aromatic nitrogens is 4. The van der Waals surface area contributed by atoms with Gasteiger partial charge >= 0.3 is 0 Å². The van der Waals surface area contributed by atoms with Crippen molar-refractivity contribution in [3.63, 3.8) is 0 Å². The van der Waals surface area contributed by atoms with E-state index in [1.54, 1.807) is 6.92 Å². The van der Waals surface area contributed by atoms with Crippen molar-refractivity contribution >= 4 is 12.4 Å². The molecule has 2 aromatic rings. The summed E-state index contributed by atoms with van der Waals surface area (Å²) in [7, 11) is 0. The lowest BCUT2D eigenvalue weighted by molar-refractivity contribution is -0.162. The van der Waals surface area contributed by atoms with Crippen LogP contribution in [-0.2, 0) is 16.7 Å². The fourth-order valence-electron chi connectivity index (χ4n) is 2.86. The summed E-state index contributed by atoms with van der Waals surface area (Å²) in [5, 5.41) is 7.80. The summed E-state index contributed by atoms with van der Waals surface area (Å²) in [4.78, 5) is 8.54. The minimum absolute atomic E-state index is 0. The van der Waals surface area contributed by atoms with E-state index in [-0.39, 0.29) is 23.9 Å². The average molecular weight is 344 g/mol. The van der Waals surface area contributed by atoms with E-state index >= 15 is 0 Å². The Labute approximate surface area is 140 Å². The fraction of sp³-hybridized carbons (Fsp3) is 0.714. The first-order chi connectivity index (χ1) is 10.4. The Morgan fingerprint density at radius 3 is 2.43 bits per heavy atom. The van der Waals surface area contributed by atoms with Crippen LogP contribution in [-0.4, -0.2) is 33.0 Å². The summed E-state index contributed by atoms with van der Waals surface area (Å²) in [6, 6.07) is 0. The molecule has 128 valence electrons. The number of nitrogens with zero attached hydrogens (tertiary/aromatic N) is 4. The van der Waals surface area contributed by atoms with Crippen LogP contribution in [0, 0.1) is 12.3 Å². The second kappa shape index (κ2) is 6.18. The van der Waals surface area contributed by atoms with Gasteiger partial charge in [-0.15, -0.1) is 12.4 Å². The van der Waals surface area contributed by atoms with E-state index in [0.29, 0.717) is 42.9 Å². The molecule has 0 radical (unpaired) electrons. The van der Waals surface area contributed by atoms with Crippen molar-refractivity contribution in [1.29, 1.82) is 0 Å². The Balaban J connectivity index is 0.00000192. The van der Waals surface area contributed by atoms with Gasteiger partial charge in [0.25, 0.3) is 0 Å². The highest BCUT2D eigenvalue weighted by Gasteiger charge is 2.62. The van der Waals surface area contributed by atoms with Crippen molar-refractivity contribution in [2.24, 2.45) is 11.1 Å². The van der Waals surface area contributed by atoms with Crippen molar-refractivity contribution in [3.05, 3.63) is 23.4 Å². The summed E-state index contributed by atoms with van der Waals surface area (Å²) in [6.45, 7) is 8.49. The second-order valence-corrected chi connectivity index (χ2v) is 6.26. The van der Waals surface area contributed by atoms with Crippen molar-refractivity contribution in [1.82, 2.24) is 20.3 Å². The zero-order chi connectivity index (χ0) is 16.0. The van der Waals surface area contributed by atoms with E-state index in [4.69, 9.17) is 19.5 Å². The minimum Gasteiger partial charge on any atom is -0.378 e. The number of hydrogen-bond acceptors (Lipinski definition) is 8. The molecular weight excluding hydrogens is 322 g/mol. The molecule has 2 atom stereocenters. The maximum Gasteiger partial charge on any atom is 0.247 e. The summed E-state index contributed by atoms with van der Waals surface area (Å²) < 4.78 is 16.0. The third kappa shape index (κ3) is 2.86. The fourth-order valence-corrected chi connectivity index (χ4v) is 2.86. The quantitative estimate of drug-likeness (QED) is 0.873. The van der Waals surface area contributed by atoms with E-state index in [1.807, 2.05) is 6.92 Å². The third-order valence-corrected chi connectivity index (χ3v) is 4.57. The topological polar surface area (TPSA) is 113 Å². The van der Waals surface area contributed by atoms with Gasteiger partial charge in [-0.3, -0.25) is 0 Å². The number of aryl methyl sites for hydroxylation is 1. The predicted octanol–water partition coefficient (Wildman–Crippen LogP) is 1.76. The molecule has 3 rings (SSSR count). The average Bonchev–Trinajstić information content (AvgIpc) is 3.08. The van der Waals surface area contributed by atoms with Crippen LogP contribution in [0.4, 0.5) is 0 Å². The van der Waals surface area contributed by atoms with Gasteiger partial charge in [0.15, 0.2) is 11.6 Å².